The van der Waals surface area contributed by atoms with Crippen LogP contribution < -0.4 is 19.5 Å². The van der Waals surface area contributed by atoms with Crippen LogP contribution in [0.1, 0.15) is 0 Å². The highest BCUT2D eigenvalue weighted by Gasteiger charge is 2.07. The molecule has 114 valence electrons. The van der Waals surface area contributed by atoms with Gasteiger partial charge in [-0.25, -0.2) is 4.98 Å². The Hall–Kier alpha value is -2.89. The van der Waals surface area contributed by atoms with Gasteiger partial charge in [0, 0.05) is 17.8 Å². The number of methoxy groups -OCH3 is 3. The van der Waals surface area contributed by atoms with Crippen LogP contribution in [0.25, 0.3) is 11.0 Å². The molecular formula is C16H17N3O3. The number of ether oxygens (including phenoxy) is 3. The van der Waals surface area contributed by atoms with Crippen LogP contribution in [-0.2, 0) is 0 Å². The molecule has 6 nitrogen and oxygen atoms in total. The number of nitrogens with zero attached hydrogens (tertiary/aromatic N) is 1. The summed E-state index contributed by atoms with van der Waals surface area (Å²) in [6.07, 6.45) is 0. The number of fused-ring (bicyclic) bond motifs is 1. The lowest BCUT2D eigenvalue weighted by atomic mass is 10.3. The van der Waals surface area contributed by atoms with Gasteiger partial charge >= 0.3 is 0 Å². The zero-order valence-corrected chi connectivity index (χ0v) is 12.6. The lowest BCUT2D eigenvalue weighted by molar-refractivity contribution is 0.355. The number of H-pyrrole nitrogens is 1. The molecule has 3 aromatic rings. The fourth-order valence-electron chi connectivity index (χ4n) is 2.23. The Labute approximate surface area is 128 Å². The van der Waals surface area contributed by atoms with Gasteiger partial charge in [0.2, 0.25) is 5.95 Å². The van der Waals surface area contributed by atoms with Crippen LogP contribution in [0.15, 0.2) is 36.4 Å². The normalized spacial score (nSPS) is 10.5. The lowest BCUT2D eigenvalue weighted by Crippen LogP contribution is -1.95. The lowest BCUT2D eigenvalue weighted by Gasteiger charge is -2.09. The van der Waals surface area contributed by atoms with Crippen LogP contribution in [0.5, 0.6) is 17.2 Å². The van der Waals surface area contributed by atoms with E-state index in [-0.39, 0.29) is 0 Å². The molecule has 0 spiro atoms. The third-order valence-electron chi connectivity index (χ3n) is 3.34. The minimum Gasteiger partial charge on any atom is -0.497 e. The molecular weight excluding hydrogens is 282 g/mol. The Kier molecular flexibility index (Phi) is 3.74. The standard InChI is InChI=1S/C16H17N3O3/c1-20-11-5-6-12-13(9-11)19-16(18-12)17-10-4-7-14(21-2)15(8-10)22-3/h4-9H,1-3H3,(H2,17,18,19). The van der Waals surface area contributed by atoms with Crippen molar-refractivity contribution in [3.05, 3.63) is 36.4 Å². The number of imidazole rings is 1. The van der Waals surface area contributed by atoms with E-state index in [2.05, 4.69) is 15.3 Å². The molecule has 0 atom stereocenters. The summed E-state index contributed by atoms with van der Waals surface area (Å²) in [7, 11) is 4.85. The topological polar surface area (TPSA) is 68.4 Å². The molecule has 0 aliphatic rings. The van der Waals surface area contributed by atoms with Gasteiger partial charge in [0.15, 0.2) is 11.5 Å². The van der Waals surface area contributed by atoms with Gasteiger partial charge in [0.1, 0.15) is 5.75 Å². The summed E-state index contributed by atoms with van der Waals surface area (Å²) in [5, 5.41) is 3.21. The Bertz CT molecular complexity index is 798. The Morgan fingerprint density at radius 1 is 0.909 bits per heavy atom. The largest absolute Gasteiger partial charge is 0.497 e. The molecule has 2 aromatic carbocycles. The Morgan fingerprint density at radius 2 is 1.73 bits per heavy atom. The van der Waals surface area contributed by atoms with E-state index in [1.807, 2.05) is 36.4 Å². The Balaban J connectivity index is 1.89. The minimum absolute atomic E-state index is 0.649. The highest BCUT2D eigenvalue weighted by molar-refractivity contribution is 5.80. The van der Waals surface area contributed by atoms with Crippen molar-refractivity contribution in [2.45, 2.75) is 0 Å². The third-order valence-corrected chi connectivity index (χ3v) is 3.34. The molecule has 22 heavy (non-hydrogen) atoms. The number of anilines is 2. The molecule has 0 amide bonds. The maximum atomic E-state index is 5.29. The average Bonchev–Trinajstić information content (AvgIpc) is 2.95. The minimum atomic E-state index is 0.649. The fourth-order valence-corrected chi connectivity index (χ4v) is 2.23. The molecule has 1 aromatic heterocycles. The molecule has 0 aliphatic heterocycles. The molecule has 3 rings (SSSR count). The van der Waals surface area contributed by atoms with Crippen molar-refractivity contribution < 1.29 is 14.2 Å². The molecule has 0 aliphatic carbocycles. The summed E-state index contributed by atoms with van der Waals surface area (Å²) < 4.78 is 15.7. The predicted octanol–water partition coefficient (Wildman–Crippen LogP) is 3.33. The molecule has 0 radical (unpaired) electrons. The molecule has 1 heterocycles. The summed E-state index contributed by atoms with van der Waals surface area (Å²) >= 11 is 0. The van der Waals surface area contributed by atoms with Crippen molar-refractivity contribution in [3.8, 4) is 17.2 Å². The molecule has 6 heteroatoms. The second-order valence-corrected chi connectivity index (χ2v) is 4.66. The van der Waals surface area contributed by atoms with Crippen LogP contribution in [0.3, 0.4) is 0 Å². The summed E-state index contributed by atoms with van der Waals surface area (Å²) in [6.45, 7) is 0. The summed E-state index contributed by atoms with van der Waals surface area (Å²) in [5.74, 6) is 2.77. The van der Waals surface area contributed by atoms with Gasteiger partial charge in [-0.05, 0) is 24.3 Å². The number of aromatic amines is 1. The number of hydrogen-bond donors (Lipinski definition) is 2. The van der Waals surface area contributed by atoms with Crippen molar-refractivity contribution in [2.24, 2.45) is 0 Å². The number of nitrogens with one attached hydrogen (secondary N) is 2. The third kappa shape index (κ3) is 2.63. The number of hydrogen-bond acceptors (Lipinski definition) is 5. The van der Waals surface area contributed by atoms with E-state index in [0.717, 1.165) is 22.5 Å². The smallest absolute Gasteiger partial charge is 0.205 e. The monoisotopic (exact) mass is 299 g/mol. The maximum Gasteiger partial charge on any atom is 0.205 e. The van der Waals surface area contributed by atoms with Crippen LogP contribution in [0.2, 0.25) is 0 Å². The number of aromatic nitrogens is 2. The second-order valence-electron chi connectivity index (χ2n) is 4.66. The van der Waals surface area contributed by atoms with Crippen LogP contribution in [0, 0.1) is 0 Å². The van der Waals surface area contributed by atoms with Gasteiger partial charge in [0.25, 0.3) is 0 Å². The summed E-state index contributed by atoms with van der Waals surface area (Å²) in [4.78, 5) is 7.70. The Morgan fingerprint density at radius 3 is 2.45 bits per heavy atom. The molecule has 0 bridgehead atoms. The predicted molar refractivity (Wildman–Crippen MR) is 85.5 cm³/mol. The van der Waals surface area contributed by atoms with Crippen LogP contribution in [0.4, 0.5) is 11.6 Å². The molecule has 0 fully saturated rings. The van der Waals surface area contributed by atoms with Crippen LogP contribution in [-0.4, -0.2) is 31.3 Å². The zero-order chi connectivity index (χ0) is 15.5. The average molecular weight is 299 g/mol. The SMILES string of the molecule is COc1ccc2nc(Nc3ccc(OC)c(OC)c3)[nH]c2c1. The van der Waals surface area contributed by atoms with Crippen molar-refractivity contribution in [1.82, 2.24) is 9.97 Å². The van der Waals surface area contributed by atoms with E-state index >= 15 is 0 Å². The highest BCUT2D eigenvalue weighted by atomic mass is 16.5. The van der Waals surface area contributed by atoms with E-state index < -0.39 is 0 Å². The first-order chi connectivity index (χ1) is 10.7. The van der Waals surface area contributed by atoms with E-state index in [1.165, 1.54) is 0 Å². The van der Waals surface area contributed by atoms with Gasteiger partial charge in [-0.2, -0.15) is 0 Å². The number of rotatable bonds is 5. The molecule has 0 saturated carbocycles. The molecule has 2 N–H and O–H groups in total. The van der Waals surface area contributed by atoms with E-state index in [4.69, 9.17) is 14.2 Å². The highest BCUT2D eigenvalue weighted by Crippen LogP contribution is 2.31. The first-order valence-corrected chi connectivity index (χ1v) is 6.76. The maximum absolute atomic E-state index is 5.29. The van der Waals surface area contributed by atoms with Crippen molar-refractivity contribution in [1.29, 1.82) is 0 Å². The summed E-state index contributed by atoms with van der Waals surface area (Å²) in [6, 6.07) is 11.3. The van der Waals surface area contributed by atoms with Gasteiger partial charge in [-0.1, -0.05) is 0 Å². The van der Waals surface area contributed by atoms with Gasteiger partial charge in [-0.15, -0.1) is 0 Å². The zero-order valence-electron chi connectivity index (χ0n) is 12.6. The quantitative estimate of drug-likeness (QED) is 0.756. The first-order valence-electron chi connectivity index (χ1n) is 6.76. The van der Waals surface area contributed by atoms with Crippen molar-refractivity contribution in [2.75, 3.05) is 26.6 Å². The van der Waals surface area contributed by atoms with E-state index in [9.17, 15) is 0 Å². The molecule has 0 saturated heterocycles. The van der Waals surface area contributed by atoms with Crippen molar-refractivity contribution >= 4 is 22.7 Å². The number of benzene rings is 2. The second kappa shape index (κ2) is 5.85. The van der Waals surface area contributed by atoms with Crippen molar-refractivity contribution in [3.63, 3.8) is 0 Å². The van der Waals surface area contributed by atoms with Gasteiger partial charge in [0.05, 0.1) is 32.4 Å². The molecule has 0 unspecified atom stereocenters. The van der Waals surface area contributed by atoms with Gasteiger partial charge in [-0.3, -0.25) is 0 Å². The van der Waals surface area contributed by atoms with Gasteiger partial charge < -0.3 is 24.5 Å². The van der Waals surface area contributed by atoms with E-state index in [0.29, 0.717) is 17.4 Å². The fraction of sp³-hybridized carbons (Fsp3) is 0.188. The first kappa shape index (κ1) is 14.1. The van der Waals surface area contributed by atoms with Crippen LogP contribution >= 0.6 is 0 Å². The van der Waals surface area contributed by atoms with E-state index in [1.54, 1.807) is 21.3 Å². The summed E-state index contributed by atoms with van der Waals surface area (Å²) in [5.41, 5.74) is 2.62.